The second-order valence-corrected chi connectivity index (χ2v) is 3.22. The van der Waals surface area contributed by atoms with Crippen LogP contribution in [-0.2, 0) is 0 Å². The van der Waals surface area contributed by atoms with Gasteiger partial charge in [-0.05, 0) is 19.3 Å². The molecular formula is C7H13F2N. The van der Waals surface area contributed by atoms with E-state index in [0.29, 0.717) is 6.42 Å². The zero-order valence-electron chi connectivity index (χ0n) is 6.11. The van der Waals surface area contributed by atoms with Gasteiger partial charge in [0.2, 0.25) is 5.92 Å². The molecule has 0 aromatic carbocycles. The summed E-state index contributed by atoms with van der Waals surface area (Å²) >= 11 is 0. The molecule has 0 aliphatic heterocycles. The third-order valence-electron chi connectivity index (χ3n) is 2.19. The summed E-state index contributed by atoms with van der Waals surface area (Å²) in [7, 11) is 0. The highest BCUT2D eigenvalue weighted by molar-refractivity contribution is 4.85. The summed E-state index contributed by atoms with van der Waals surface area (Å²) < 4.78 is 25.0. The van der Waals surface area contributed by atoms with Crippen LogP contribution in [0.25, 0.3) is 0 Å². The van der Waals surface area contributed by atoms with Gasteiger partial charge in [0, 0.05) is 18.9 Å². The predicted octanol–water partition coefficient (Wildman–Crippen LogP) is 1.77. The van der Waals surface area contributed by atoms with Crippen molar-refractivity contribution in [2.75, 3.05) is 0 Å². The molecule has 0 radical (unpaired) electrons. The molecule has 1 aliphatic rings. The summed E-state index contributed by atoms with van der Waals surface area (Å²) in [6.45, 7) is 1.80. The van der Waals surface area contributed by atoms with E-state index in [0.717, 1.165) is 0 Å². The van der Waals surface area contributed by atoms with Crippen LogP contribution in [0.15, 0.2) is 0 Å². The van der Waals surface area contributed by atoms with E-state index >= 15 is 0 Å². The maximum atomic E-state index is 12.5. The van der Waals surface area contributed by atoms with Crippen LogP contribution in [0.4, 0.5) is 8.78 Å². The van der Waals surface area contributed by atoms with Gasteiger partial charge in [0.15, 0.2) is 0 Å². The molecule has 1 saturated carbocycles. The predicted molar refractivity (Wildman–Crippen MR) is 35.9 cm³/mol. The minimum Gasteiger partial charge on any atom is -0.328 e. The van der Waals surface area contributed by atoms with Crippen LogP contribution < -0.4 is 5.73 Å². The van der Waals surface area contributed by atoms with Crippen molar-refractivity contribution in [2.24, 2.45) is 11.7 Å². The van der Waals surface area contributed by atoms with Gasteiger partial charge in [-0.2, -0.15) is 0 Å². The van der Waals surface area contributed by atoms with Crippen molar-refractivity contribution in [3.8, 4) is 0 Å². The molecule has 10 heavy (non-hydrogen) atoms. The van der Waals surface area contributed by atoms with E-state index in [9.17, 15) is 8.78 Å². The van der Waals surface area contributed by atoms with E-state index in [-0.39, 0.29) is 24.8 Å². The van der Waals surface area contributed by atoms with Gasteiger partial charge in [-0.3, -0.25) is 0 Å². The van der Waals surface area contributed by atoms with Crippen LogP contribution in [0.3, 0.4) is 0 Å². The first-order chi connectivity index (χ1) is 4.51. The Morgan fingerprint density at radius 1 is 1.60 bits per heavy atom. The highest BCUT2D eigenvalue weighted by Crippen LogP contribution is 2.39. The molecule has 1 nitrogen and oxygen atoms in total. The average Bonchev–Trinajstić information content (AvgIpc) is 2.10. The van der Waals surface area contributed by atoms with Gasteiger partial charge in [0.25, 0.3) is 0 Å². The van der Waals surface area contributed by atoms with E-state index in [1.807, 2.05) is 0 Å². The molecule has 60 valence electrons. The van der Waals surface area contributed by atoms with Gasteiger partial charge in [-0.15, -0.1) is 0 Å². The number of rotatable bonds is 1. The Balaban J connectivity index is 2.43. The van der Waals surface area contributed by atoms with Crippen LogP contribution in [-0.4, -0.2) is 12.0 Å². The first-order valence-corrected chi connectivity index (χ1v) is 3.65. The van der Waals surface area contributed by atoms with Crippen LogP contribution in [0.5, 0.6) is 0 Å². The van der Waals surface area contributed by atoms with Crippen molar-refractivity contribution in [2.45, 2.75) is 38.2 Å². The normalized spacial score (nSPS) is 34.2. The Bertz CT molecular complexity index is 123. The van der Waals surface area contributed by atoms with Gasteiger partial charge in [-0.25, -0.2) is 8.78 Å². The molecule has 0 aromatic heterocycles. The van der Waals surface area contributed by atoms with Gasteiger partial charge in [-0.1, -0.05) is 0 Å². The van der Waals surface area contributed by atoms with Crippen molar-refractivity contribution in [3.63, 3.8) is 0 Å². The summed E-state index contributed by atoms with van der Waals surface area (Å²) in [5, 5.41) is 0. The average molecular weight is 149 g/mol. The molecule has 0 saturated heterocycles. The molecule has 1 aliphatic carbocycles. The summed E-state index contributed by atoms with van der Waals surface area (Å²) in [5.74, 6) is -2.40. The van der Waals surface area contributed by atoms with E-state index in [1.165, 1.54) is 0 Å². The quantitative estimate of drug-likeness (QED) is 0.604. The molecule has 3 heteroatoms. The smallest absolute Gasteiger partial charge is 0.248 e. The van der Waals surface area contributed by atoms with Crippen LogP contribution in [0.1, 0.15) is 26.2 Å². The molecule has 0 aromatic rings. The Morgan fingerprint density at radius 2 is 2.20 bits per heavy atom. The highest BCUT2D eigenvalue weighted by Gasteiger charge is 2.40. The minimum atomic E-state index is -2.43. The molecule has 0 heterocycles. The van der Waals surface area contributed by atoms with Crippen molar-refractivity contribution in [1.29, 1.82) is 0 Å². The third-order valence-corrected chi connectivity index (χ3v) is 2.19. The molecular weight excluding hydrogens is 136 g/mol. The second-order valence-electron chi connectivity index (χ2n) is 3.22. The lowest BCUT2D eigenvalue weighted by molar-refractivity contribution is 0.00418. The minimum absolute atomic E-state index is 0.00926. The van der Waals surface area contributed by atoms with Crippen molar-refractivity contribution in [1.82, 2.24) is 0 Å². The Kier molecular flexibility index (Phi) is 1.95. The molecule has 0 bridgehead atoms. The van der Waals surface area contributed by atoms with Crippen molar-refractivity contribution >= 4 is 0 Å². The Hall–Kier alpha value is -0.180. The van der Waals surface area contributed by atoms with Gasteiger partial charge >= 0.3 is 0 Å². The summed E-state index contributed by atoms with van der Waals surface area (Å²) in [6.07, 6.45) is 0.606. The molecule has 1 rings (SSSR count). The number of nitrogens with two attached hydrogens (primary N) is 1. The number of hydrogen-bond acceptors (Lipinski definition) is 1. The summed E-state index contributed by atoms with van der Waals surface area (Å²) in [4.78, 5) is 0. The van der Waals surface area contributed by atoms with E-state index in [2.05, 4.69) is 0 Å². The highest BCUT2D eigenvalue weighted by atomic mass is 19.3. The van der Waals surface area contributed by atoms with E-state index < -0.39 is 5.92 Å². The SMILES string of the molecule is C[C@H](N)[C@H]1CCC(F)(F)C1. The first-order valence-electron chi connectivity index (χ1n) is 3.65. The fourth-order valence-electron chi connectivity index (χ4n) is 1.43. The molecule has 2 N–H and O–H groups in total. The van der Waals surface area contributed by atoms with Gasteiger partial charge in [0.1, 0.15) is 0 Å². The maximum absolute atomic E-state index is 12.5. The topological polar surface area (TPSA) is 26.0 Å². The zero-order valence-corrected chi connectivity index (χ0v) is 6.11. The zero-order chi connectivity index (χ0) is 7.78. The van der Waals surface area contributed by atoms with E-state index in [1.54, 1.807) is 6.92 Å². The summed E-state index contributed by atoms with van der Waals surface area (Å²) in [5.41, 5.74) is 5.49. The van der Waals surface area contributed by atoms with Crippen LogP contribution in [0.2, 0.25) is 0 Å². The Morgan fingerprint density at radius 3 is 2.40 bits per heavy atom. The Labute approximate surface area is 59.6 Å². The lowest BCUT2D eigenvalue weighted by Gasteiger charge is -2.13. The van der Waals surface area contributed by atoms with Gasteiger partial charge < -0.3 is 5.73 Å². The third kappa shape index (κ3) is 1.66. The summed E-state index contributed by atoms with van der Waals surface area (Å²) in [6, 6.07) is -0.0756. The largest absolute Gasteiger partial charge is 0.328 e. The molecule has 0 amide bonds. The molecule has 1 fully saturated rings. The molecule has 0 spiro atoms. The molecule has 2 atom stereocenters. The monoisotopic (exact) mass is 149 g/mol. The van der Waals surface area contributed by atoms with Crippen molar-refractivity contribution < 1.29 is 8.78 Å². The fourth-order valence-corrected chi connectivity index (χ4v) is 1.43. The standard InChI is InChI=1S/C7H13F2N/c1-5(10)6-2-3-7(8,9)4-6/h5-6H,2-4,10H2,1H3/t5-,6-/m0/s1. The lowest BCUT2D eigenvalue weighted by atomic mass is 10.0. The first kappa shape index (κ1) is 7.92. The number of hydrogen-bond donors (Lipinski definition) is 1. The number of halogens is 2. The van der Waals surface area contributed by atoms with Crippen molar-refractivity contribution in [3.05, 3.63) is 0 Å². The fraction of sp³-hybridized carbons (Fsp3) is 1.00. The molecule has 0 unspecified atom stereocenters. The van der Waals surface area contributed by atoms with Crippen LogP contribution >= 0.6 is 0 Å². The second kappa shape index (κ2) is 2.46. The lowest BCUT2D eigenvalue weighted by Crippen LogP contribution is -2.25. The maximum Gasteiger partial charge on any atom is 0.248 e. The van der Waals surface area contributed by atoms with Gasteiger partial charge in [0.05, 0.1) is 0 Å². The van der Waals surface area contributed by atoms with E-state index in [4.69, 9.17) is 5.73 Å². The van der Waals surface area contributed by atoms with Crippen LogP contribution in [0, 0.1) is 5.92 Å². The number of alkyl halides is 2.